The van der Waals surface area contributed by atoms with Gasteiger partial charge in [-0.25, -0.2) is 9.59 Å². The molecular formula is C52H56N6O15. The predicted molar refractivity (Wildman–Crippen MR) is 258 cm³/mol. The maximum absolute atomic E-state index is 14.0. The van der Waals surface area contributed by atoms with E-state index in [1.165, 1.54) is 32.2 Å². The van der Waals surface area contributed by atoms with Crippen molar-refractivity contribution in [3.8, 4) is 23.0 Å². The van der Waals surface area contributed by atoms with E-state index in [4.69, 9.17) is 29.4 Å². The summed E-state index contributed by atoms with van der Waals surface area (Å²) >= 11 is 0. The predicted octanol–water partition coefficient (Wildman–Crippen LogP) is 3.83. The third-order valence-corrected chi connectivity index (χ3v) is 14.6. The molecule has 3 aromatic carbocycles. The highest BCUT2D eigenvalue weighted by molar-refractivity contribution is 6.31. The van der Waals surface area contributed by atoms with Crippen LogP contribution in [0.2, 0.25) is 0 Å². The van der Waals surface area contributed by atoms with Gasteiger partial charge in [0.05, 0.1) is 53.5 Å². The lowest BCUT2D eigenvalue weighted by molar-refractivity contribution is -0.249. The Labute approximate surface area is 418 Å². The average Bonchev–Trinajstić information content (AvgIpc) is 3.37. The minimum absolute atomic E-state index is 0.0438. The normalized spacial score (nSPS) is 27.5. The molecule has 2 fully saturated rings. The third-order valence-electron chi connectivity index (χ3n) is 14.6. The van der Waals surface area contributed by atoms with Gasteiger partial charge in [0.2, 0.25) is 5.78 Å². The highest BCUT2D eigenvalue weighted by Gasteiger charge is 2.50. The average molecular weight is 1010 g/mol. The van der Waals surface area contributed by atoms with Gasteiger partial charge >= 0.3 is 12.2 Å². The van der Waals surface area contributed by atoms with E-state index in [0.717, 1.165) is 23.5 Å². The van der Waals surface area contributed by atoms with Crippen molar-refractivity contribution in [1.29, 1.82) is 0 Å². The van der Waals surface area contributed by atoms with Crippen molar-refractivity contribution in [2.24, 2.45) is 27.8 Å². The molecule has 8 unspecified atom stereocenters. The Morgan fingerprint density at radius 3 is 2.34 bits per heavy atom. The number of methoxy groups -OCH3 is 1. The number of pyridine rings is 1. The number of phenolic OH excluding ortho intramolecular Hbond substituents is 2. The standard InChI is InChI=1S/C52H56N6O15/c1-24-28-14-16-32(53)33(17-15-29(28)44(58-57-24)34-8-4-5-18-54-34)55-51(67)72-27-12-10-26(11-13-27)23-70-50(66)56-35-19-39(71-25(2)45(35)61)73-37-21-52(68,38(60)22-59)20-31-41(37)49(65)43-42(47(31)63)46(62)30-7-6-9-36(69-3)40(30)48(43)64/h4-13,18,25,28-29,32-33,35,37,39,45,59,61,63,65,68H,14-17,19-23,53H2,1-3H3,(H,55,67)(H,56,66)/t25?,28?,29?,32?,33?,35?,37-,39?,45?,52-/m0/s1. The molecule has 9 rings (SSSR count). The van der Waals surface area contributed by atoms with Crippen molar-refractivity contribution in [2.45, 2.75) is 114 Å². The van der Waals surface area contributed by atoms with E-state index in [0.29, 0.717) is 24.8 Å². The molecule has 0 spiro atoms. The van der Waals surface area contributed by atoms with Crippen molar-refractivity contribution in [2.75, 3.05) is 13.7 Å². The Kier molecular flexibility index (Phi) is 14.4. The summed E-state index contributed by atoms with van der Waals surface area (Å²) in [5, 5.41) is 70.6. The molecule has 0 radical (unpaired) electrons. The van der Waals surface area contributed by atoms with Crippen LogP contribution in [0.5, 0.6) is 23.0 Å². The molecule has 21 nitrogen and oxygen atoms in total. The second-order valence-electron chi connectivity index (χ2n) is 19.1. The van der Waals surface area contributed by atoms with Crippen LogP contribution in [-0.4, -0.2) is 127 Å². The van der Waals surface area contributed by atoms with Crippen LogP contribution in [0, 0.1) is 11.8 Å². The van der Waals surface area contributed by atoms with Crippen LogP contribution >= 0.6 is 0 Å². The first kappa shape index (κ1) is 50.8. The molecular weight excluding hydrogens is 949 g/mol. The van der Waals surface area contributed by atoms with Crippen LogP contribution in [0.4, 0.5) is 9.59 Å². The highest BCUT2D eigenvalue weighted by Crippen LogP contribution is 2.52. The molecule has 3 heterocycles. The van der Waals surface area contributed by atoms with Crippen molar-refractivity contribution in [1.82, 2.24) is 15.6 Å². The molecule has 1 saturated carbocycles. The number of carbonyl (C=O) groups excluding carboxylic acids is 5. The molecule has 2 amide bonds. The van der Waals surface area contributed by atoms with E-state index < -0.39 is 108 Å². The number of fused-ring (bicyclic) bond motifs is 4. The number of aliphatic hydroxyl groups is 3. The molecule has 1 aromatic heterocycles. The summed E-state index contributed by atoms with van der Waals surface area (Å²) < 4.78 is 28.6. The lowest BCUT2D eigenvalue weighted by Gasteiger charge is -2.42. The van der Waals surface area contributed by atoms with Crippen LogP contribution < -0.4 is 25.8 Å². The van der Waals surface area contributed by atoms with Crippen molar-refractivity contribution < 1.29 is 73.2 Å². The third kappa shape index (κ3) is 9.90. The molecule has 0 bridgehead atoms. The molecule has 21 heteroatoms. The number of phenols is 2. The molecule has 73 heavy (non-hydrogen) atoms. The zero-order valence-electron chi connectivity index (χ0n) is 40.1. The van der Waals surface area contributed by atoms with Crippen LogP contribution in [-0.2, 0) is 32.0 Å². The van der Waals surface area contributed by atoms with Gasteiger partial charge in [-0.15, -0.1) is 0 Å². The van der Waals surface area contributed by atoms with Gasteiger partial charge in [-0.2, -0.15) is 10.2 Å². The number of ether oxygens (including phenoxy) is 5. The van der Waals surface area contributed by atoms with Crippen molar-refractivity contribution >= 4 is 41.0 Å². The number of aromatic nitrogens is 1. The fourth-order valence-electron chi connectivity index (χ4n) is 10.7. The van der Waals surface area contributed by atoms with E-state index in [-0.39, 0.29) is 70.7 Å². The van der Waals surface area contributed by atoms with Crippen molar-refractivity contribution in [3.05, 3.63) is 111 Å². The number of hydrogen-bond acceptors (Lipinski definition) is 19. The number of aliphatic hydroxyl groups excluding tert-OH is 2. The Bertz CT molecular complexity index is 2900. The summed E-state index contributed by atoms with van der Waals surface area (Å²) in [7, 11) is 1.30. The Balaban J connectivity index is 0.824. The number of Topliss-reactive ketones (excluding diaryl/α,β-unsaturated/α-hetero) is 1. The number of rotatable bonds is 11. The monoisotopic (exact) mass is 1000 g/mol. The minimum atomic E-state index is -2.38. The molecule has 4 aromatic rings. The Morgan fingerprint density at radius 1 is 0.877 bits per heavy atom. The van der Waals surface area contributed by atoms with Gasteiger partial charge in [-0.3, -0.25) is 19.4 Å². The fraction of sp³-hybridized carbons (Fsp3) is 0.423. The second kappa shape index (κ2) is 20.8. The number of carbonyl (C=O) groups is 5. The van der Waals surface area contributed by atoms with Gasteiger partial charge in [-0.1, -0.05) is 30.3 Å². The van der Waals surface area contributed by atoms with Gasteiger partial charge in [0.1, 0.15) is 47.9 Å². The summed E-state index contributed by atoms with van der Waals surface area (Å²) in [5.41, 5.74) is 5.45. The van der Waals surface area contributed by atoms with Gasteiger partial charge in [0.25, 0.3) is 0 Å². The first-order valence-corrected chi connectivity index (χ1v) is 24.0. The van der Waals surface area contributed by atoms with E-state index in [9.17, 15) is 49.5 Å². The highest BCUT2D eigenvalue weighted by atomic mass is 16.7. The van der Waals surface area contributed by atoms with Gasteiger partial charge in [0, 0.05) is 71.8 Å². The maximum Gasteiger partial charge on any atom is 0.412 e. The molecule has 5 aliphatic rings. The number of nitrogens with two attached hydrogens (primary N) is 1. The summed E-state index contributed by atoms with van der Waals surface area (Å²) in [5.74, 6) is -3.75. The molecule has 384 valence electrons. The molecule has 2 aliphatic heterocycles. The lowest BCUT2D eigenvalue weighted by atomic mass is 9.72. The summed E-state index contributed by atoms with van der Waals surface area (Å²) in [6.45, 7) is 2.16. The maximum atomic E-state index is 14.0. The minimum Gasteiger partial charge on any atom is -0.507 e. The fourth-order valence-corrected chi connectivity index (χ4v) is 10.7. The van der Waals surface area contributed by atoms with Crippen LogP contribution in [0.15, 0.2) is 77.1 Å². The summed E-state index contributed by atoms with van der Waals surface area (Å²) in [4.78, 5) is 71.8. The zero-order valence-corrected chi connectivity index (χ0v) is 40.1. The number of ketones is 3. The number of hydrogen-bond donors (Lipinski definition) is 8. The Hall–Kier alpha value is -7.14. The largest absolute Gasteiger partial charge is 0.507 e. The van der Waals surface area contributed by atoms with E-state index in [1.54, 1.807) is 30.5 Å². The number of amides is 2. The molecule has 9 N–H and O–H groups in total. The second-order valence-corrected chi connectivity index (χ2v) is 19.1. The summed E-state index contributed by atoms with van der Waals surface area (Å²) in [6.07, 6.45) is -3.81. The van der Waals surface area contributed by atoms with Crippen molar-refractivity contribution in [3.63, 3.8) is 0 Å². The van der Waals surface area contributed by atoms with Gasteiger partial charge in [-0.05, 0) is 75.4 Å². The van der Waals surface area contributed by atoms with Crippen LogP contribution in [0.25, 0.3) is 0 Å². The smallest absolute Gasteiger partial charge is 0.412 e. The zero-order chi connectivity index (χ0) is 51.9. The summed E-state index contributed by atoms with van der Waals surface area (Å²) in [6, 6.07) is 14.5. The van der Waals surface area contributed by atoms with Gasteiger partial charge < -0.3 is 65.6 Å². The first-order valence-electron chi connectivity index (χ1n) is 24.0. The quantitative estimate of drug-likeness (QED) is 0.0872. The number of aromatic hydroxyl groups is 2. The number of nitrogens with one attached hydrogen (secondary N) is 2. The topological polar surface area (TPSA) is 320 Å². The molecule has 10 atom stereocenters. The van der Waals surface area contributed by atoms with Gasteiger partial charge in [0.15, 0.2) is 17.9 Å². The molecule has 1 saturated heterocycles. The lowest BCUT2D eigenvalue weighted by Crippen LogP contribution is -2.56. The first-order chi connectivity index (χ1) is 35.0. The Morgan fingerprint density at radius 2 is 1.62 bits per heavy atom. The van der Waals surface area contributed by atoms with Crippen LogP contribution in [0.1, 0.15) is 113 Å². The number of benzene rings is 3. The SMILES string of the molecule is COc1cccc2c1C(=O)c1c(O)c3c(c(O)c1C2=O)C[C@@](O)(C(=O)CO)C[C@@H]3OC1CC(NC(=O)OCc2ccc(OC(=O)NC3CCC4C(c5ccccn5)=NN=C(C)C4CCC3N)cc2)C(O)C(C)O1. The number of alkyl carbamates (subject to hydrolysis) is 1. The molecule has 3 aliphatic carbocycles. The number of nitrogens with zero attached hydrogens (tertiary/aromatic N) is 3. The van der Waals surface area contributed by atoms with E-state index in [2.05, 4.69) is 25.8 Å². The van der Waals surface area contributed by atoms with Crippen LogP contribution in [0.3, 0.4) is 0 Å². The van der Waals surface area contributed by atoms with E-state index in [1.807, 2.05) is 25.1 Å². The van der Waals surface area contributed by atoms with E-state index >= 15 is 0 Å².